The van der Waals surface area contributed by atoms with Crippen LogP contribution in [0.15, 0.2) is 24.4 Å². The van der Waals surface area contributed by atoms with Gasteiger partial charge in [-0.25, -0.2) is 13.2 Å². The number of halogens is 4. The zero-order valence-corrected chi connectivity index (χ0v) is 22.5. The van der Waals surface area contributed by atoms with Crippen molar-refractivity contribution in [1.82, 2.24) is 30.4 Å². The SMILES string of the molecule is Cc1ccc2[nH]ncc2c1-c1c(Cl)cc2c(N3CCNCC(F)(F)C3)nc(OC[C@@H]3CCCN3C)nc2c1F. The molecule has 0 spiro atoms. The molecule has 2 aliphatic heterocycles. The molecule has 0 aliphatic carbocycles. The van der Waals surface area contributed by atoms with Gasteiger partial charge in [-0.2, -0.15) is 15.1 Å². The summed E-state index contributed by atoms with van der Waals surface area (Å²) in [4.78, 5) is 12.6. The van der Waals surface area contributed by atoms with Crippen molar-refractivity contribution >= 4 is 39.2 Å². The maximum Gasteiger partial charge on any atom is 0.319 e. The van der Waals surface area contributed by atoms with E-state index < -0.39 is 24.8 Å². The number of ether oxygens (including phenoxy) is 1. The van der Waals surface area contributed by atoms with E-state index in [0.717, 1.165) is 30.5 Å². The van der Waals surface area contributed by atoms with Gasteiger partial charge in [0, 0.05) is 41.0 Å². The zero-order valence-electron chi connectivity index (χ0n) is 21.7. The minimum Gasteiger partial charge on any atom is -0.462 e. The molecule has 0 amide bonds. The molecule has 206 valence electrons. The van der Waals surface area contributed by atoms with Gasteiger partial charge in [0.25, 0.3) is 5.92 Å². The number of H-pyrrole nitrogens is 1. The van der Waals surface area contributed by atoms with Crippen LogP contribution in [0.5, 0.6) is 6.01 Å². The van der Waals surface area contributed by atoms with Crippen molar-refractivity contribution in [2.24, 2.45) is 0 Å². The van der Waals surface area contributed by atoms with E-state index in [1.54, 1.807) is 12.3 Å². The number of aromatic amines is 1. The van der Waals surface area contributed by atoms with E-state index in [9.17, 15) is 8.78 Å². The Labute approximate surface area is 228 Å². The van der Waals surface area contributed by atoms with E-state index in [1.807, 2.05) is 26.1 Å². The Bertz CT molecular complexity index is 1550. The van der Waals surface area contributed by atoms with Gasteiger partial charge in [0.1, 0.15) is 17.9 Å². The molecule has 2 aromatic heterocycles. The van der Waals surface area contributed by atoms with Crippen LogP contribution in [0.25, 0.3) is 32.9 Å². The van der Waals surface area contributed by atoms with Crippen molar-refractivity contribution in [3.05, 3.63) is 40.8 Å². The number of nitrogens with one attached hydrogen (secondary N) is 2. The molecular weight excluding hydrogens is 531 g/mol. The Morgan fingerprint density at radius 1 is 1.18 bits per heavy atom. The standard InChI is InChI=1S/C27H29ClF3N7O/c1-15-5-6-20-18(11-33-36-20)21(15)22-19(28)10-17-24(23(22)29)34-26(39-12-16-4-3-8-37(16)2)35-25(17)38-9-7-32-13-27(30,31)14-38/h5-6,10-11,16,32H,3-4,7-9,12-14H2,1-2H3,(H,33,36)/t16-/m0/s1. The van der Waals surface area contributed by atoms with E-state index in [4.69, 9.17) is 16.3 Å². The number of aromatic nitrogens is 4. The Hall–Kier alpha value is -3.15. The maximum atomic E-state index is 16.5. The van der Waals surface area contributed by atoms with Crippen LogP contribution in [0.4, 0.5) is 19.0 Å². The van der Waals surface area contributed by atoms with Crippen LogP contribution in [-0.2, 0) is 0 Å². The van der Waals surface area contributed by atoms with Gasteiger partial charge in [-0.1, -0.05) is 17.7 Å². The molecule has 1 atom stereocenters. The molecule has 0 bridgehead atoms. The number of benzene rings is 2. The summed E-state index contributed by atoms with van der Waals surface area (Å²) < 4.78 is 51.7. The van der Waals surface area contributed by atoms with E-state index in [1.165, 1.54) is 4.90 Å². The van der Waals surface area contributed by atoms with Crippen LogP contribution in [0.1, 0.15) is 18.4 Å². The molecule has 6 rings (SSSR count). The average molecular weight is 560 g/mol. The molecule has 0 unspecified atom stereocenters. The molecule has 8 nitrogen and oxygen atoms in total. The summed E-state index contributed by atoms with van der Waals surface area (Å²) in [5.41, 5.74) is 2.26. The van der Waals surface area contributed by atoms with Crippen LogP contribution in [0, 0.1) is 12.7 Å². The molecule has 2 aliphatic rings. The zero-order chi connectivity index (χ0) is 27.3. The summed E-state index contributed by atoms with van der Waals surface area (Å²) >= 11 is 6.74. The summed E-state index contributed by atoms with van der Waals surface area (Å²) in [5, 5.41) is 10.9. The number of anilines is 1. The number of likely N-dealkylation sites (N-methyl/N-ethyl adjacent to an activating group) is 1. The molecule has 2 N–H and O–H groups in total. The Balaban J connectivity index is 1.53. The largest absolute Gasteiger partial charge is 0.462 e. The molecule has 2 fully saturated rings. The van der Waals surface area contributed by atoms with E-state index in [-0.39, 0.29) is 45.9 Å². The van der Waals surface area contributed by atoms with Crippen LogP contribution in [0.2, 0.25) is 5.02 Å². The molecule has 2 aromatic carbocycles. The fourth-order valence-electron chi connectivity index (χ4n) is 5.59. The lowest BCUT2D eigenvalue weighted by atomic mass is 9.95. The van der Waals surface area contributed by atoms with E-state index in [0.29, 0.717) is 24.1 Å². The van der Waals surface area contributed by atoms with Gasteiger partial charge in [-0.05, 0) is 51.1 Å². The van der Waals surface area contributed by atoms with Gasteiger partial charge in [-0.15, -0.1) is 0 Å². The smallest absolute Gasteiger partial charge is 0.319 e. The lowest BCUT2D eigenvalue weighted by Gasteiger charge is -2.26. The predicted molar refractivity (Wildman–Crippen MR) is 146 cm³/mol. The first-order chi connectivity index (χ1) is 18.7. The number of rotatable bonds is 5. The normalized spacial score (nSPS) is 20.2. The molecule has 0 saturated carbocycles. The summed E-state index contributed by atoms with van der Waals surface area (Å²) in [6.45, 7) is 2.69. The molecular formula is C27H29ClF3N7O. The topological polar surface area (TPSA) is 82.2 Å². The second-order valence-corrected chi connectivity index (χ2v) is 10.8. The van der Waals surface area contributed by atoms with Crippen molar-refractivity contribution in [3.8, 4) is 17.1 Å². The molecule has 4 heterocycles. The monoisotopic (exact) mass is 559 g/mol. The van der Waals surface area contributed by atoms with Crippen molar-refractivity contribution in [2.75, 3.05) is 51.3 Å². The van der Waals surface area contributed by atoms with Crippen molar-refractivity contribution in [2.45, 2.75) is 31.7 Å². The van der Waals surface area contributed by atoms with E-state index >= 15 is 4.39 Å². The van der Waals surface area contributed by atoms with Crippen LogP contribution < -0.4 is 15.0 Å². The molecule has 2 saturated heterocycles. The van der Waals surface area contributed by atoms with Gasteiger partial charge in [0.05, 0.1) is 29.8 Å². The van der Waals surface area contributed by atoms with Gasteiger partial charge < -0.3 is 19.9 Å². The Morgan fingerprint density at radius 2 is 2.03 bits per heavy atom. The highest BCUT2D eigenvalue weighted by Crippen LogP contribution is 2.42. The third-order valence-electron chi connectivity index (χ3n) is 7.66. The number of nitrogens with zero attached hydrogens (tertiary/aromatic N) is 5. The highest BCUT2D eigenvalue weighted by Gasteiger charge is 2.35. The molecule has 0 radical (unpaired) electrons. The van der Waals surface area contributed by atoms with Gasteiger partial charge in [0.2, 0.25) is 0 Å². The van der Waals surface area contributed by atoms with Crippen LogP contribution >= 0.6 is 11.6 Å². The second-order valence-electron chi connectivity index (χ2n) is 10.4. The fraction of sp³-hybridized carbons (Fsp3) is 0.444. The van der Waals surface area contributed by atoms with Gasteiger partial charge in [-0.3, -0.25) is 5.10 Å². The van der Waals surface area contributed by atoms with Crippen LogP contribution in [0.3, 0.4) is 0 Å². The number of likely N-dealkylation sites (tertiary alicyclic amines) is 1. The minimum atomic E-state index is -3.00. The molecule has 12 heteroatoms. The summed E-state index contributed by atoms with van der Waals surface area (Å²) in [7, 11) is 2.02. The average Bonchev–Trinajstić information content (AvgIpc) is 3.49. The van der Waals surface area contributed by atoms with Crippen molar-refractivity contribution < 1.29 is 17.9 Å². The number of fused-ring (bicyclic) bond motifs is 2. The highest BCUT2D eigenvalue weighted by atomic mass is 35.5. The highest BCUT2D eigenvalue weighted by molar-refractivity contribution is 6.35. The quantitative estimate of drug-likeness (QED) is 0.364. The predicted octanol–water partition coefficient (Wildman–Crippen LogP) is 4.79. The third-order valence-corrected chi connectivity index (χ3v) is 7.96. The second kappa shape index (κ2) is 10.1. The van der Waals surface area contributed by atoms with Crippen molar-refractivity contribution in [1.29, 1.82) is 0 Å². The fourth-order valence-corrected chi connectivity index (χ4v) is 5.88. The minimum absolute atomic E-state index is 0.0328. The number of alkyl halides is 2. The van der Waals surface area contributed by atoms with E-state index in [2.05, 4.69) is 30.4 Å². The first kappa shape index (κ1) is 26.1. The first-order valence-corrected chi connectivity index (χ1v) is 13.4. The third kappa shape index (κ3) is 4.87. The summed E-state index contributed by atoms with van der Waals surface area (Å²) in [6.07, 6.45) is 3.64. The first-order valence-electron chi connectivity index (χ1n) is 13.0. The Morgan fingerprint density at radius 3 is 2.82 bits per heavy atom. The lowest BCUT2D eigenvalue weighted by Crippen LogP contribution is -2.39. The molecule has 39 heavy (non-hydrogen) atoms. The number of hydrogen-bond acceptors (Lipinski definition) is 7. The summed E-state index contributed by atoms with van der Waals surface area (Å²) in [6, 6.07) is 5.41. The van der Waals surface area contributed by atoms with Gasteiger partial charge in [0.15, 0.2) is 5.82 Å². The molecule has 4 aromatic rings. The van der Waals surface area contributed by atoms with Gasteiger partial charge >= 0.3 is 6.01 Å². The van der Waals surface area contributed by atoms with Crippen LogP contribution in [-0.4, -0.2) is 83.4 Å². The maximum absolute atomic E-state index is 16.5. The van der Waals surface area contributed by atoms with Crippen molar-refractivity contribution in [3.63, 3.8) is 0 Å². The number of hydrogen-bond donors (Lipinski definition) is 2. The lowest BCUT2D eigenvalue weighted by molar-refractivity contribution is 0.0156. The number of aryl methyl sites for hydroxylation is 1. The Kier molecular flexibility index (Phi) is 6.76. The summed E-state index contributed by atoms with van der Waals surface area (Å²) in [5.74, 6) is -3.50.